The van der Waals surface area contributed by atoms with Crippen molar-refractivity contribution >= 4 is 29.0 Å². The van der Waals surface area contributed by atoms with E-state index in [2.05, 4.69) is 15.1 Å². The minimum absolute atomic E-state index is 0.195. The first kappa shape index (κ1) is 19.1. The lowest BCUT2D eigenvalue weighted by Crippen LogP contribution is -2.18. The van der Waals surface area contributed by atoms with Crippen molar-refractivity contribution in [2.45, 2.75) is 19.3 Å². The lowest BCUT2D eigenvalue weighted by molar-refractivity contribution is -0.137. The molecule has 7 heteroatoms. The van der Waals surface area contributed by atoms with Crippen molar-refractivity contribution in [2.24, 2.45) is 10.2 Å². The van der Waals surface area contributed by atoms with Crippen LogP contribution in [-0.2, 0) is 4.79 Å². The number of benzene rings is 2. The number of carbonyl (C=O) groups is 2. The van der Waals surface area contributed by atoms with E-state index in [1.54, 1.807) is 12.1 Å². The minimum atomic E-state index is -0.976. The van der Waals surface area contributed by atoms with Gasteiger partial charge in [0.15, 0.2) is 0 Å². The number of rotatable bonds is 9. The third kappa shape index (κ3) is 6.01. The Morgan fingerprint density at radius 1 is 0.885 bits per heavy atom. The van der Waals surface area contributed by atoms with Gasteiger partial charge >= 0.3 is 11.9 Å². The van der Waals surface area contributed by atoms with Crippen molar-refractivity contribution in [1.29, 1.82) is 0 Å². The summed E-state index contributed by atoms with van der Waals surface area (Å²) in [6.07, 6.45) is 1.67. The van der Waals surface area contributed by atoms with Gasteiger partial charge in [-0.25, -0.2) is 4.79 Å². The molecule has 0 aliphatic rings. The molecule has 2 aromatic carbocycles. The highest BCUT2D eigenvalue weighted by Gasteiger charge is 2.03. The average molecular weight is 355 g/mol. The second-order valence-electron chi connectivity index (χ2n) is 5.84. The number of nitrogens with zero attached hydrogens (tertiary/aromatic N) is 3. The Labute approximate surface area is 151 Å². The summed E-state index contributed by atoms with van der Waals surface area (Å²) in [5.41, 5.74) is 2.50. The number of aliphatic carboxylic acids is 1. The smallest absolute Gasteiger partial charge is 0.335 e. The molecule has 0 aliphatic carbocycles. The van der Waals surface area contributed by atoms with Crippen LogP contribution in [0.5, 0.6) is 0 Å². The first-order valence-corrected chi connectivity index (χ1v) is 8.24. The number of hydrogen-bond donors (Lipinski definition) is 2. The van der Waals surface area contributed by atoms with E-state index in [1.807, 2.05) is 31.3 Å². The van der Waals surface area contributed by atoms with Gasteiger partial charge in [0.2, 0.25) is 0 Å². The molecule has 0 saturated heterocycles. The van der Waals surface area contributed by atoms with Crippen LogP contribution in [0.2, 0.25) is 0 Å². The zero-order valence-electron chi connectivity index (χ0n) is 14.5. The van der Waals surface area contributed by atoms with Gasteiger partial charge in [-0.15, -0.1) is 0 Å². The van der Waals surface area contributed by atoms with Gasteiger partial charge in [-0.05, 0) is 61.4 Å². The largest absolute Gasteiger partial charge is 0.481 e. The Morgan fingerprint density at radius 2 is 1.42 bits per heavy atom. The normalized spacial score (nSPS) is 10.8. The molecule has 0 bridgehead atoms. The summed E-state index contributed by atoms with van der Waals surface area (Å²) in [5, 5.41) is 25.7. The fourth-order valence-electron chi connectivity index (χ4n) is 2.31. The Morgan fingerprint density at radius 3 is 1.92 bits per heavy atom. The Kier molecular flexibility index (Phi) is 6.84. The molecular formula is C19H21N3O4. The molecular weight excluding hydrogens is 334 g/mol. The van der Waals surface area contributed by atoms with Gasteiger partial charge in [0.1, 0.15) is 0 Å². The zero-order valence-corrected chi connectivity index (χ0v) is 14.5. The van der Waals surface area contributed by atoms with Crippen LogP contribution >= 0.6 is 0 Å². The van der Waals surface area contributed by atoms with Gasteiger partial charge in [0.05, 0.1) is 16.9 Å². The number of azo groups is 1. The molecule has 2 rings (SSSR count). The van der Waals surface area contributed by atoms with Crippen molar-refractivity contribution in [3.8, 4) is 0 Å². The van der Waals surface area contributed by atoms with Crippen molar-refractivity contribution in [2.75, 3.05) is 18.5 Å². The van der Waals surface area contributed by atoms with Crippen LogP contribution in [0.15, 0.2) is 58.8 Å². The standard InChI is InChI=1S/C19H21N3O4/c1-22(13-3-2-4-18(23)24)17-11-9-16(10-12-17)21-20-15-7-5-14(6-8-15)19(25)26/h5-12H,2-4,13H2,1H3,(H,23,24)(H,25,26). The van der Waals surface area contributed by atoms with Gasteiger partial charge in [0, 0.05) is 25.7 Å². The van der Waals surface area contributed by atoms with Crippen molar-refractivity contribution in [3.05, 3.63) is 54.1 Å². The molecule has 0 atom stereocenters. The molecule has 0 aromatic heterocycles. The van der Waals surface area contributed by atoms with Gasteiger partial charge in [-0.2, -0.15) is 10.2 Å². The fraction of sp³-hybridized carbons (Fsp3) is 0.263. The highest BCUT2D eigenvalue weighted by atomic mass is 16.4. The Balaban J connectivity index is 1.89. The molecule has 0 radical (unpaired) electrons. The number of aromatic carboxylic acids is 1. The summed E-state index contributed by atoms with van der Waals surface area (Å²) in [4.78, 5) is 23.4. The van der Waals surface area contributed by atoms with Crippen molar-refractivity contribution in [3.63, 3.8) is 0 Å². The summed E-state index contributed by atoms with van der Waals surface area (Å²) in [6.45, 7) is 0.782. The summed E-state index contributed by atoms with van der Waals surface area (Å²) >= 11 is 0. The fourth-order valence-corrected chi connectivity index (χ4v) is 2.31. The minimum Gasteiger partial charge on any atom is -0.481 e. The Hall–Kier alpha value is -3.22. The molecule has 0 saturated carbocycles. The lowest BCUT2D eigenvalue weighted by atomic mass is 10.2. The monoisotopic (exact) mass is 355 g/mol. The molecule has 0 spiro atoms. The van der Waals surface area contributed by atoms with Crippen LogP contribution in [0.3, 0.4) is 0 Å². The van der Waals surface area contributed by atoms with E-state index < -0.39 is 11.9 Å². The first-order chi connectivity index (χ1) is 12.5. The van der Waals surface area contributed by atoms with Crippen molar-refractivity contribution in [1.82, 2.24) is 0 Å². The Bertz CT molecular complexity index is 770. The molecule has 0 amide bonds. The molecule has 7 nitrogen and oxygen atoms in total. The molecule has 0 heterocycles. The van der Waals surface area contributed by atoms with Crippen LogP contribution in [0.25, 0.3) is 0 Å². The molecule has 26 heavy (non-hydrogen) atoms. The van der Waals surface area contributed by atoms with E-state index >= 15 is 0 Å². The maximum atomic E-state index is 10.8. The third-order valence-electron chi connectivity index (χ3n) is 3.82. The van der Waals surface area contributed by atoms with Crippen LogP contribution in [-0.4, -0.2) is 35.7 Å². The third-order valence-corrected chi connectivity index (χ3v) is 3.82. The number of carboxylic acids is 2. The molecule has 2 N–H and O–H groups in total. The SMILES string of the molecule is CN(CCCCC(=O)O)c1ccc(N=Nc2ccc(C(=O)O)cc2)cc1. The summed E-state index contributed by atoms with van der Waals surface area (Å²) in [5.74, 6) is -1.74. The predicted octanol–water partition coefficient (Wildman–Crippen LogP) is 4.49. The van der Waals surface area contributed by atoms with Gasteiger partial charge in [0.25, 0.3) is 0 Å². The highest BCUT2D eigenvalue weighted by molar-refractivity contribution is 5.87. The second-order valence-corrected chi connectivity index (χ2v) is 5.84. The summed E-state index contributed by atoms with van der Waals surface area (Å²) in [6, 6.07) is 13.7. The zero-order chi connectivity index (χ0) is 18.9. The van der Waals surface area contributed by atoms with E-state index in [0.29, 0.717) is 17.8 Å². The summed E-state index contributed by atoms with van der Waals surface area (Å²) < 4.78 is 0. The quantitative estimate of drug-likeness (QED) is 0.509. The van der Waals surface area contributed by atoms with Crippen LogP contribution in [0, 0.1) is 0 Å². The lowest BCUT2D eigenvalue weighted by Gasteiger charge is -2.19. The molecule has 136 valence electrons. The van der Waals surface area contributed by atoms with E-state index in [1.165, 1.54) is 12.1 Å². The molecule has 0 fully saturated rings. The van der Waals surface area contributed by atoms with E-state index in [0.717, 1.165) is 18.7 Å². The molecule has 0 aliphatic heterocycles. The van der Waals surface area contributed by atoms with Crippen LogP contribution < -0.4 is 4.90 Å². The maximum Gasteiger partial charge on any atom is 0.335 e. The van der Waals surface area contributed by atoms with E-state index in [-0.39, 0.29) is 12.0 Å². The molecule has 2 aromatic rings. The van der Waals surface area contributed by atoms with Gasteiger partial charge < -0.3 is 15.1 Å². The van der Waals surface area contributed by atoms with Gasteiger partial charge in [-0.3, -0.25) is 4.79 Å². The number of anilines is 1. The van der Waals surface area contributed by atoms with E-state index in [9.17, 15) is 9.59 Å². The highest BCUT2D eigenvalue weighted by Crippen LogP contribution is 2.22. The van der Waals surface area contributed by atoms with Gasteiger partial charge in [-0.1, -0.05) is 0 Å². The number of hydrogen-bond acceptors (Lipinski definition) is 5. The molecule has 0 unspecified atom stereocenters. The van der Waals surface area contributed by atoms with E-state index in [4.69, 9.17) is 10.2 Å². The second kappa shape index (κ2) is 9.31. The number of carboxylic acid groups (broad SMARTS) is 2. The first-order valence-electron chi connectivity index (χ1n) is 8.24. The summed E-state index contributed by atoms with van der Waals surface area (Å²) in [7, 11) is 1.96. The average Bonchev–Trinajstić information content (AvgIpc) is 2.64. The van der Waals surface area contributed by atoms with Crippen LogP contribution in [0.4, 0.5) is 17.1 Å². The van der Waals surface area contributed by atoms with Crippen LogP contribution in [0.1, 0.15) is 29.6 Å². The van der Waals surface area contributed by atoms with Crippen molar-refractivity contribution < 1.29 is 19.8 Å². The number of unbranched alkanes of at least 4 members (excludes halogenated alkanes) is 1. The maximum absolute atomic E-state index is 10.8. The topological polar surface area (TPSA) is 103 Å². The predicted molar refractivity (Wildman–Crippen MR) is 98.8 cm³/mol.